The molecule has 0 unspecified atom stereocenters. The number of para-hydroxylation sites is 1. The van der Waals surface area contributed by atoms with Crippen LogP contribution in [0, 0.1) is 0 Å². The fourth-order valence-corrected chi connectivity index (χ4v) is 3.03. The van der Waals surface area contributed by atoms with Crippen molar-refractivity contribution < 1.29 is 18.9 Å². The van der Waals surface area contributed by atoms with Gasteiger partial charge in [-0.2, -0.15) is 0 Å². The Balaban J connectivity index is 0.000000150. The first-order chi connectivity index (χ1) is 16.5. The summed E-state index contributed by atoms with van der Waals surface area (Å²) >= 11 is 0. The lowest BCUT2D eigenvalue weighted by Gasteiger charge is -2.10. The SMILES string of the molecule is C1=CCOC=C1.C1=COCCC1.C1=Cc2ccccc2OC1.C1CCOCC1.C1CNNC1. The van der Waals surface area contributed by atoms with Crippen LogP contribution in [0.25, 0.3) is 6.08 Å². The maximum Gasteiger partial charge on any atom is 0.126 e. The van der Waals surface area contributed by atoms with Crippen molar-refractivity contribution in [3.05, 3.63) is 72.7 Å². The fraction of sp³-hybridized carbons (Fsp3) is 0.481. The minimum atomic E-state index is 0.705. The summed E-state index contributed by atoms with van der Waals surface area (Å²) in [6.07, 6.45) is 23.0. The van der Waals surface area contributed by atoms with Gasteiger partial charge in [-0.15, -0.1) is 0 Å². The summed E-state index contributed by atoms with van der Waals surface area (Å²) in [4.78, 5) is 0. The maximum atomic E-state index is 5.34. The maximum absolute atomic E-state index is 5.34. The predicted octanol–water partition coefficient (Wildman–Crippen LogP) is 5.16. The lowest BCUT2D eigenvalue weighted by atomic mass is 10.1. The van der Waals surface area contributed by atoms with Crippen LogP contribution in [-0.4, -0.2) is 46.1 Å². The van der Waals surface area contributed by atoms with Crippen LogP contribution in [0.5, 0.6) is 5.75 Å². The molecule has 0 aliphatic carbocycles. The molecule has 2 N–H and O–H groups in total. The average Bonchev–Trinajstić information content (AvgIpc) is 3.54. The topological polar surface area (TPSA) is 61.0 Å². The highest BCUT2D eigenvalue weighted by Crippen LogP contribution is 2.21. The van der Waals surface area contributed by atoms with E-state index in [1.807, 2.05) is 54.6 Å². The Kier molecular flexibility index (Phi) is 16.3. The lowest BCUT2D eigenvalue weighted by molar-refractivity contribution is 0.0968. The molecule has 0 amide bonds. The van der Waals surface area contributed by atoms with Crippen LogP contribution in [0.1, 0.15) is 44.1 Å². The molecule has 6 rings (SSSR count). The van der Waals surface area contributed by atoms with Gasteiger partial charge in [-0.3, -0.25) is 10.9 Å². The third kappa shape index (κ3) is 15.0. The second kappa shape index (κ2) is 20.1. The number of nitrogens with one attached hydrogen (secondary N) is 2. The summed E-state index contributed by atoms with van der Waals surface area (Å²) < 4.78 is 20.1. The molecule has 0 atom stereocenters. The molecular formula is C27H40N2O4. The molecule has 6 heteroatoms. The zero-order valence-electron chi connectivity index (χ0n) is 19.8. The second-order valence-corrected chi connectivity index (χ2v) is 7.61. The van der Waals surface area contributed by atoms with E-state index in [4.69, 9.17) is 18.9 Å². The van der Waals surface area contributed by atoms with Gasteiger partial charge >= 0.3 is 0 Å². The monoisotopic (exact) mass is 456 g/mol. The van der Waals surface area contributed by atoms with Gasteiger partial charge in [0.1, 0.15) is 19.0 Å². The van der Waals surface area contributed by atoms with Gasteiger partial charge in [-0.05, 0) is 68.9 Å². The molecular weight excluding hydrogens is 416 g/mol. The Labute approximate surface area is 199 Å². The van der Waals surface area contributed by atoms with Crippen molar-refractivity contribution in [1.29, 1.82) is 0 Å². The largest absolute Gasteiger partial charge is 0.502 e. The van der Waals surface area contributed by atoms with Crippen molar-refractivity contribution in [2.75, 3.05) is 46.1 Å². The smallest absolute Gasteiger partial charge is 0.126 e. The van der Waals surface area contributed by atoms with E-state index in [0.717, 1.165) is 45.3 Å². The zero-order valence-corrected chi connectivity index (χ0v) is 19.8. The summed E-state index contributed by atoms with van der Waals surface area (Å²) in [7, 11) is 0. The normalized spacial score (nSPS) is 19.0. The molecule has 0 spiro atoms. The molecule has 33 heavy (non-hydrogen) atoms. The number of rotatable bonds is 0. The summed E-state index contributed by atoms with van der Waals surface area (Å²) in [5.41, 5.74) is 7.12. The van der Waals surface area contributed by atoms with Gasteiger partial charge in [0, 0.05) is 31.9 Å². The van der Waals surface area contributed by atoms with Crippen LogP contribution >= 0.6 is 0 Å². The van der Waals surface area contributed by atoms with Crippen LogP contribution in [0.3, 0.4) is 0 Å². The van der Waals surface area contributed by atoms with Crippen molar-refractivity contribution in [2.45, 2.75) is 38.5 Å². The van der Waals surface area contributed by atoms with E-state index in [-0.39, 0.29) is 0 Å². The first-order valence-corrected chi connectivity index (χ1v) is 12.1. The lowest BCUT2D eigenvalue weighted by Crippen LogP contribution is -2.21. The molecule has 2 fully saturated rings. The number of ether oxygens (including phenoxy) is 4. The molecule has 5 aliphatic heterocycles. The van der Waals surface area contributed by atoms with Crippen molar-refractivity contribution >= 4 is 6.08 Å². The van der Waals surface area contributed by atoms with E-state index in [1.54, 1.807) is 12.5 Å². The van der Waals surface area contributed by atoms with E-state index < -0.39 is 0 Å². The Bertz CT molecular complexity index is 669. The van der Waals surface area contributed by atoms with E-state index in [9.17, 15) is 0 Å². The Morgan fingerprint density at radius 3 is 1.91 bits per heavy atom. The molecule has 0 radical (unpaired) electrons. The van der Waals surface area contributed by atoms with Crippen molar-refractivity contribution in [1.82, 2.24) is 10.9 Å². The van der Waals surface area contributed by atoms with Gasteiger partial charge in [0.2, 0.25) is 0 Å². The Morgan fingerprint density at radius 2 is 1.52 bits per heavy atom. The van der Waals surface area contributed by atoms with Crippen LogP contribution < -0.4 is 15.6 Å². The van der Waals surface area contributed by atoms with E-state index >= 15 is 0 Å². The molecule has 2 saturated heterocycles. The van der Waals surface area contributed by atoms with Crippen LogP contribution in [0.4, 0.5) is 0 Å². The van der Waals surface area contributed by atoms with E-state index in [2.05, 4.69) is 16.9 Å². The standard InChI is InChI=1S/C9H8O.C5H10O.C5H8O.C5H6O.C3H8N2/c1-2-6-9-8(4-1)5-3-7-10-9;3*1-2-4-6-5-3-1;1-2-4-5-3-1/h1-6H,7H2;1-5H2;2,4H,1,3,5H2;1-4H,5H2;4-5H,1-3H2. The van der Waals surface area contributed by atoms with Gasteiger partial charge in [0.15, 0.2) is 0 Å². The quantitative estimate of drug-likeness (QED) is 0.562. The summed E-state index contributed by atoms with van der Waals surface area (Å²) in [5, 5.41) is 0. The first-order valence-electron chi connectivity index (χ1n) is 12.1. The van der Waals surface area contributed by atoms with Crippen molar-refractivity contribution in [2.24, 2.45) is 0 Å². The number of fused-ring (bicyclic) bond motifs is 1. The van der Waals surface area contributed by atoms with E-state index in [0.29, 0.717) is 6.61 Å². The van der Waals surface area contributed by atoms with Crippen molar-refractivity contribution in [3.8, 4) is 5.75 Å². The molecule has 5 aliphatic rings. The summed E-state index contributed by atoms with van der Waals surface area (Å²) in [5.74, 6) is 0.991. The highest BCUT2D eigenvalue weighted by atomic mass is 16.5. The number of allylic oxidation sites excluding steroid dienone is 3. The van der Waals surface area contributed by atoms with Gasteiger partial charge in [0.25, 0.3) is 0 Å². The average molecular weight is 457 g/mol. The molecule has 0 bridgehead atoms. The van der Waals surface area contributed by atoms with Crippen molar-refractivity contribution in [3.63, 3.8) is 0 Å². The highest BCUT2D eigenvalue weighted by Gasteiger charge is 2.01. The van der Waals surface area contributed by atoms with E-state index in [1.165, 1.54) is 44.1 Å². The Morgan fingerprint density at radius 1 is 0.667 bits per heavy atom. The number of benzene rings is 1. The summed E-state index contributed by atoms with van der Waals surface area (Å²) in [6.45, 7) is 6.63. The third-order valence-corrected chi connectivity index (χ3v) is 4.80. The van der Waals surface area contributed by atoms with Gasteiger partial charge < -0.3 is 18.9 Å². The molecule has 0 aromatic heterocycles. The van der Waals surface area contributed by atoms with Gasteiger partial charge in [-0.1, -0.05) is 30.4 Å². The molecule has 6 nitrogen and oxygen atoms in total. The Hall–Kier alpha value is -2.54. The second-order valence-electron chi connectivity index (χ2n) is 7.61. The van der Waals surface area contributed by atoms with Crippen LogP contribution in [0.2, 0.25) is 0 Å². The minimum absolute atomic E-state index is 0.705. The molecule has 1 aromatic carbocycles. The highest BCUT2D eigenvalue weighted by molar-refractivity contribution is 5.58. The van der Waals surface area contributed by atoms with Gasteiger partial charge in [0.05, 0.1) is 19.1 Å². The molecule has 182 valence electrons. The summed E-state index contributed by atoms with van der Waals surface area (Å²) in [6, 6.07) is 8.03. The zero-order chi connectivity index (χ0) is 23.1. The number of hydrazine groups is 1. The number of hydrogen-bond acceptors (Lipinski definition) is 6. The predicted molar refractivity (Wildman–Crippen MR) is 135 cm³/mol. The van der Waals surface area contributed by atoms with Gasteiger partial charge in [-0.25, -0.2) is 0 Å². The first kappa shape index (κ1) is 26.7. The molecule has 0 saturated carbocycles. The van der Waals surface area contributed by atoms with Crippen LogP contribution in [-0.2, 0) is 14.2 Å². The number of hydrogen-bond donors (Lipinski definition) is 2. The molecule has 1 aromatic rings. The third-order valence-electron chi connectivity index (χ3n) is 4.80. The molecule has 5 heterocycles. The minimum Gasteiger partial charge on any atom is -0.502 e. The van der Waals surface area contributed by atoms with Crippen LogP contribution in [0.15, 0.2) is 67.2 Å². The fourth-order valence-electron chi connectivity index (χ4n) is 3.03.